The topological polar surface area (TPSA) is 33.7 Å². The molecular weight excluding hydrogens is 307 g/mol. The highest BCUT2D eigenvalue weighted by molar-refractivity contribution is 5.21. The molecule has 1 N–H and O–H groups in total. The van der Waals surface area contributed by atoms with Gasteiger partial charge in [0, 0.05) is 6.54 Å². The predicted octanol–water partition coefficient (Wildman–Crippen LogP) is 2.61. The van der Waals surface area contributed by atoms with Crippen LogP contribution in [0.15, 0.2) is 24.3 Å². The Bertz CT molecular complexity index is 457. The predicted molar refractivity (Wildman–Crippen MR) is 92.6 cm³/mol. The average Bonchev–Trinajstić information content (AvgIpc) is 3.33. The molecular formula is C19H29FN2O2. The van der Waals surface area contributed by atoms with Crippen molar-refractivity contribution in [3.05, 3.63) is 35.6 Å². The van der Waals surface area contributed by atoms with Crippen LogP contribution in [0.1, 0.15) is 30.7 Å². The van der Waals surface area contributed by atoms with Gasteiger partial charge in [-0.2, -0.15) is 0 Å². The molecule has 0 unspecified atom stereocenters. The van der Waals surface area contributed by atoms with Gasteiger partial charge in [0.25, 0.3) is 0 Å². The minimum Gasteiger partial charge on any atom is -0.353 e. The first-order valence-corrected chi connectivity index (χ1v) is 9.15. The van der Waals surface area contributed by atoms with Gasteiger partial charge in [-0.15, -0.1) is 0 Å². The molecule has 0 saturated carbocycles. The second kappa shape index (κ2) is 9.47. The number of nitrogens with one attached hydrogen (secondary N) is 1. The van der Waals surface area contributed by atoms with Crippen molar-refractivity contribution in [1.82, 2.24) is 10.2 Å². The van der Waals surface area contributed by atoms with Crippen molar-refractivity contribution in [1.29, 1.82) is 0 Å². The van der Waals surface area contributed by atoms with Crippen LogP contribution in [0.5, 0.6) is 0 Å². The Balaban J connectivity index is 0.000000290. The van der Waals surface area contributed by atoms with Crippen LogP contribution in [-0.4, -0.2) is 57.6 Å². The van der Waals surface area contributed by atoms with Gasteiger partial charge in [0.05, 0.1) is 13.2 Å². The Kier molecular flexibility index (Phi) is 7.02. The molecule has 3 fully saturated rings. The third-order valence-electron chi connectivity index (χ3n) is 5.15. The van der Waals surface area contributed by atoms with Gasteiger partial charge >= 0.3 is 0 Å². The first kappa shape index (κ1) is 17.8. The molecule has 0 aliphatic carbocycles. The molecule has 24 heavy (non-hydrogen) atoms. The Morgan fingerprint density at radius 3 is 2.29 bits per heavy atom. The lowest BCUT2D eigenvalue weighted by atomic mass is 9.89. The Morgan fingerprint density at radius 1 is 1.04 bits per heavy atom. The molecule has 4 nitrogen and oxygen atoms in total. The molecule has 0 radical (unpaired) electrons. The molecule has 1 atom stereocenters. The van der Waals surface area contributed by atoms with Crippen molar-refractivity contribution >= 4 is 0 Å². The highest BCUT2D eigenvalue weighted by Gasteiger charge is 2.23. The zero-order chi connectivity index (χ0) is 16.6. The monoisotopic (exact) mass is 336 g/mol. The normalized spacial score (nSPS) is 25.5. The number of hydrogen-bond acceptors (Lipinski definition) is 4. The number of ether oxygens (including phenoxy) is 2. The highest BCUT2D eigenvalue weighted by Crippen LogP contribution is 2.28. The van der Waals surface area contributed by atoms with E-state index >= 15 is 0 Å². The standard InChI is InChI=1S/C16H23FN2.C3H6O2/c17-16-3-1-14(2-4-16)15-6-9-19(10-7-15)12-13-5-8-18-11-13;1-2-5-3-4-1/h1-4,13,15,18H,5-12H2;1-3H2/t13-;/m0./s1. The lowest BCUT2D eigenvalue weighted by molar-refractivity contribution is 0.0692. The number of nitrogens with zero attached hydrogens (tertiary/aromatic N) is 1. The zero-order valence-electron chi connectivity index (χ0n) is 14.4. The van der Waals surface area contributed by atoms with Gasteiger partial charge in [0.1, 0.15) is 12.6 Å². The van der Waals surface area contributed by atoms with E-state index in [4.69, 9.17) is 9.47 Å². The summed E-state index contributed by atoms with van der Waals surface area (Å²) in [7, 11) is 0. The SMILES string of the molecule is C1COCO1.Fc1ccc(C2CCN(C[C@H]3CCNC3)CC2)cc1. The Morgan fingerprint density at radius 2 is 1.75 bits per heavy atom. The van der Waals surface area contributed by atoms with Crippen LogP contribution in [0, 0.1) is 11.7 Å². The third kappa shape index (κ3) is 5.52. The smallest absolute Gasteiger partial charge is 0.146 e. The minimum absolute atomic E-state index is 0.130. The first-order valence-electron chi connectivity index (χ1n) is 9.15. The summed E-state index contributed by atoms with van der Waals surface area (Å²) in [6.45, 7) is 8.08. The molecule has 0 aromatic heterocycles. The van der Waals surface area contributed by atoms with Gasteiger partial charge in [-0.25, -0.2) is 4.39 Å². The quantitative estimate of drug-likeness (QED) is 0.920. The fraction of sp³-hybridized carbons (Fsp3) is 0.684. The van der Waals surface area contributed by atoms with Crippen LogP contribution in [-0.2, 0) is 9.47 Å². The maximum Gasteiger partial charge on any atom is 0.146 e. The van der Waals surface area contributed by atoms with E-state index in [1.807, 2.05) is 12.1 Å². The van der Waals surface area contributed by atoms with Crippen LogP contribution in [0.4, 0.5) is 4.39 Å². The summed E-state index contributed by atoms with van der Waals surface area (Å²) in [4.78, 5) is 2.61. The van der Waals surface area contributed by atoms with E-state index in [2.05, 4.69) is 10.2 Å². The van der Waals surface area contributed by atoms with E-state index < -0.39 is 0 Å². The number of rotatable bonds is 3. The third-order valence-corrected chi connectivity index (χ3v) is 5.15. The molecule has 3 aliphatic rings. The lowest BCUT2D eigenvalue weighted by Gasteiger charge is -2.33. The fourth-order valence-corrected chi connectivity index (χ4v) is 3.71. The molecule has 0 bridgehead atoms. The second-order valence-corrected chi connectivity index (χ2v) is 6.92. The number of hydrogen-bond donors (Lipinski definition) is 1. The van der Waals surface area contributed by atoms with Gasteiger partial charge in [-0.3, -0.25) is 0 Å². The van der Waals surface area contributed by atoms with Crippen LogP contribution in [0.2, 0.25) is 0 Å². The molecule has 3 aliphatic heterocycles. The summed E-state index contributed by atoms with van der Waals surface area (Å²) >= 11 is 0. The van der Waals surface area contributed by atoms with Crippen LogP contribution in [0.3, 0.4) is 0 Å². The fourth-order valence-electron chi connectivity index (χ4n) is 3.71. The molecule has 0 spiro atoms. The summed E-state index contributed by atoms with van der Waals surface area (Å²) in [5.74, 6) is 1.34. The van der Waals surface area contributed by atoms with Crippen molar-refractivity contribution in [2.24, 2.45) is 5.92 Å². The van der Waals surface area contributed by atoms with Gasteiger partial charge < -0.3 is 19.7 Å². The highest BCUT2D eigenvalue weighted by atomic mass is 19.1. The Hall–Kier alpha value is -1.01. The van der Waals surface area contributed by atoms with Crippen molar-refractivity contribution in [2.75, 3.05) is 52.7 Å². The second-order valence-electron chi connectivity index (χ2n) is 6.92. The molecule has 1 aromatic rings. The van der Waals surface area contributed by atoms with E-state index in [9.17, 15) is 4.39 Å². The van der Waals surface area contributed by atoms with Crippen molar-refractivity contribution < 1.29 is 13.9 Å². The molecule has 134 valence electrons. The molecule has 4 rings (SSSR count). The van der Waals surface area contributed by atoms with Gasteiger partial charge in [0.15, 0.2) is 0 Å². The van der Waals surface area contributed by atoms with Crippen molar-refractivity contribution in [2.45, 2.75) is 25.2 Å². The van der Waals surface area contributed by atoms with Gasteiger partial charge in [-0.1, -0.05) is 12.1 Å². The van der Waals surface area contributed by atoms with Crippen molar-refractivity contribution in [3.63, 3.8) is 0 Å². The summed E-state index contributed by atoms with van der Waals surface area (Å²) in [6.07, 6.45) is 3.76. The molecule has 1 aromatic carbocycles. The lowest BCUT2D eigenvalue weighted by Crippen LogP contribution is -2.37. The molecule has 3 heterocycles. The summed E-state index contributed by atoms with van der Waals surface area (Å²) in [5.41, 5.74) is 1.31. The van der Waals surface area contributed by atoms with E-state index in [0.29, 0.717) is 12.7 Å². The molecule has 0 amide bonds. The van der Waals surface area contributed by atoms with Crippen LogP contribution < -0.4 is 5.32 Å². The van der Waals surface area contributed by atoms with Gasteiger partial charge in [-0.05, 0) is 75.0 Å². The number of benzene rings is 1. The maximum atomic E-state index is 12.9. The summed E-state index contributed by atoms with van der Waals surface area (Å²) < 4.78 is 22.4. The summed E-state index contributed by atoms with van der Waals surface area (Å²) in [6, 6.07) is 7.09. The van der Waals surface area contributed by atoms with E-state index in [-0.39, 0.29) is 5.82 Å². The van der Waals surface area contributed by atoms with Gasteiger partial charge in [0.2, 0.25) is 0 Å². The number of likely N-dealkylation sites (tertiary alicyclic amines) is 1. The molecule has 3 saturated heterocycles. The average molecular weight is 336 g/mol. The zero-order valence-corrected chi connectivity index (χ0v) is 14.4. The minimum atomic E-state index is -0.130. The van der Waals surface area contributed by atoms with Crippen molar-refractivity contribution in [3.8, 4) is 0 Å². The number of piperidine rings is 1. The largest absolute Gasteiger partial charge is 0.353 e. The van der Waals surface area contributed by atoms with E-state index in [1.165, 1.54) is 57.5 Å². The Labute approximate surface area is 144 Å². The van der Waals surface area contributed by atoms with E-state index in [0.717, 1.165) is 19.1 Å². The maximum absolute atomic E-state index is 12.9. The van der Waals surface area contributed by atoms with E-state index in [1.54, 1.807) is 12.1 Å². The number of halogens is 1. The summed E-state index contributed by atoms with van der Waals surface area (Å²) in [5, 5.41) is 3.44. The first-order chi connectivity index (χ1) is 11.8. The van der Waals surface area contributed by atoms with Crippen LogP contribution in [0.25, 0.3) is 0 Å². The molecule has 5 heteroatoms. The van der Waals surface area contributed by atoms with Crippen LogP contribution >= 0.6 is 0 Å².